The van der Waals surface area contributed by atoms with Gasteiger partial charge >= 0.3 is 0 Å². The highest BCUT2D eigenvalue weighted by Gasteiger charge is 2.07. The van der Waals surface area contributed by atoms with Gasteiger partial charge in [0, 0.05) is 17.4 Å². The minimum atomic E-state index is -0.175. The number of carbonyl (C=O) groups excluding carboxylic acids is 1. The summed E-state index contributed by atoms with van der Waals surface area (Å²) in [5, 5.41) is 0.568. The quantitative estimate of drug-likeness (QED) is 0.780. The summed E-state index contributed by atoms with van der Waals surface area (Å²) in [6.45, 7) is -0.0618. The highest BCUT2D eigenvalue weighted by molar-refractivity contribution is 6.30. The molecule has 0 N–H and O–H groups in total. The highest BCUT2D eigenvalue weighted by Crippen LogP contribution is 2.17. The van der Waals surface area contributed by atoms with Crippen molar-refractivity contribution < 1.29 is 9.53 Å². The lowest BCUT2D eigenvalue weighted by Gasteiger charge is -2.05. The first-order valence-electron chi connectivity index (χ1n) is 4.92. The van der Waals surface area contributed by atoms with Gasteiger partial charge in [-0.2, -0.15) is 0 Å². The van der Waals surface area contributed by atoms with Crippen molar-refractivity contribution in [2.45, 2.75) is 0 Å². The second kappa shape index (κ2) is 5.41. The molecule has 5 heteroatoms. The summed E-state index contributed by atoms with van der Waals surface area (Å²) in [5.74, 6) is 0.383. The number of hydrogen-bond acceptors (Lipinski definition) is 4. The Morgan fingerprint density at radius 1 is 1.29 bits per heavy atom. The van der Waals surface area contributed by atoms with E-state index in [1.54, 1.807) is 24.3 Å². The largest absolute Gasteiger partial charge is 0.485 e. The van der Waals surface area contributed by atoms with Crippen LogP contribution in [0.4, 0.5) is 0 Å². The van der Waals surface area contributed by atoms with Crippen LogP contribution >= 0.6 is 11.6 Å². The van der Waals surface area contributed by atoms with Gasteiger partial charge in [-0.15, -0.1) is 0 Å². The van der Waals surface area contributed by atoms with Gasteiger partial charge in [-0.1, -0.05) is 17.7 Å². The first-order chi connectivity index (χ1) is 8.25. The molecule has 0 aliphatic carbocycles. The number of hydrogen-bond donors (Lipinski definition) is 0. The molecular formula is C12H9ClN2O2. The molecule has 2 rings (SSSR count). The van der Waals surface area contributed by atoms with E-state index in [0.29, 0.717) is 16.3 Å². The van der Waals surface area contributed by atoms with Gasteiger partial charge in [-0.05, 0) is 18.2 Å². The van der Waals surface area contributed by atoms with E-state index in [1.807, 2.05) is 0 Å². The Balaban J connectivity index is 1.97. The fourth-order valence-electron chi connectivity index (χ4n) is 1.23. The van der Waals surface area contributed by atoms with Crippen molar-refractivity contribution in [2.75, 3.05) is 6.61 Å². The standard InChI is InChI=1S/C12H9ClN2O2/c13-10-2-1-3-11(4-10)17-7-12(16)9-5-14-8-15-6-9/h1-6,8H,7H2. The first kappa shape index (κ1) is 11.5. The van der Waals surface area contributed by atoms with Gasteiger partial charge in [-0.3, -0.25) is 4.79 Å². The third kappa shape index (κ3) is 3.26. The molecule has 0 radical (unpaired) electrons. The Morgan fingerprint density at radius 3 is 2.76 bits per heavy atom. The number of rotatable bonds is 4. The second-order valence-corrected chi connectivity index (χ2v) is 3.73. The summed E-state index contributed by atoms with van der Waals surface area (Å²) in [6.07, 6.45) is 4.28. The van der Waals surface area contributed by atoms with Gasteiger partial charge in [0.05, 0.1) is 5.56 Å². The molecule has 0 bridgehead atoms. The van der Waals surface area contributed by atoms with E-state index in [0.717, 1.165) is 0 Å². The van der Waals surface area contributed by atoms with Crippen LogP contribution in [-0.2, 0) is 0 Å². The zero-order valence-electron chi connectivity index (χ0n) is 8.84. The number of aromatic nitrogens is 2. The maximum absolute atomic E-state index is 11.7. The van der Waals surface area contributed by atoms with Crippen molar-refractivity contribution in [2.24, 2.45) is 0 Å². The number of halogens is 1. The lowest BCUT2D eigenvalue weighted by Crippen LogP contribution is -2.12. The SMILES string of the molecule is O=C(COc1cccc(Cl)c1)c1cncnc1. The van der Waals surface area contributed by atoms with Crippen molar-refractivity contribution in [1.82, 2.24) is 9.97 Å². The summed E-state index contributed by atoms with van der Waals surface area (Å²) in [7, 11) is 0. The van der Waals surface area contributed by atoms with Crippen LogP contribution in [0.15, 0.2) is 43.0 Å². The molecule has 0 aliphatic rings. The Labute approximate surface area is 103 Å². The Bertz CT molecular complexity index is 517. The summed E-state index contributed by atoms with van der Waals surface area (Å²) >= 11 is 5.79. The Morgan fingerprint density at radius 2 is 2.06 bits per heavy atom. The normalized spacial score (nSPS) is 9.94. The minimum Gasteiger partial charge on any atom is -0.485 e. The van der Waals surface area contributed by atoms with E-state index < -0.39 is 0 Å². The topological polar surface area (TPSA) is 52.1 Å². The summed E-state index contributed by atoms with van der Waals surface area (Å²) in [5.41, 5.74) is 0.425. The second-order valence-electron chi connectivity index (χ2n) is 3.30. The smallest absolute Gasteiger partial charge is 0.203 e. The number of ether oxygens (including phenoxy) is 1. The fourth-order valence-corrected chi connectivity index (χ4v) is 1.41. The Hall–Kier alpha value is -1.94. The highest BCUT2D eigenvalue weighted by atomic mass is 35.5. The molecule has 4 nitrogen and oxygen atoms in total. The molecule has 0 spiro atoms. The van der Waals surface area contributed by atoms with Gasteiger partial charge in [0.1, 0.15) is 12.1 Å². The van der Waals surface area contributed by atoms with E-state index in [9.17, 15) is 4.79 Å². The molecule has 86 valence electrons. The van der Waals surface area contributed by atoms with Gasteiger partial charge < -0.3 is 4.74 Å². The van der Waals surface area contributed by atoms with Crippen molar-refractivity contribution >= 4 is 17.4 Å². The molecular weight excluding hydrogens is 240 g/mol. The summed E-state index contributed by atoms with van der Waals surface area (Å²) in [4.78, 5) is 19.2. The van der Waals surface area contributed by atoms with E-state index in [2.05, 4.69) is 9.97 Å². The van der Waals surface area contributed by atoms with Crippen LogP contribution in [0, 0.1) is 0 Å². The van der Waals surface area contributed by atoms with Crippen LogP contribution < -0.4 is 4.74 Å². The predicted octanol–water partition coefficient (Wildman–Crippen LogP) is 2.39. The molecule has 1 aromatic carbocycles. The lowest BCUT2D eigenvalue weighted by atomic mass is 10.2. The number of benzene rings is 1. The van der Waals surface area contributed by atoms with E-state index in [4.69, 9.17) is 16.3 Å². The first-order valence-corrected chi connectivity index (χ1v) is 5.30. The molecule has 0 fully saturated rings. The van der Waals surface area contributed by atoms with Crippen LogP contribution in [0.1, 0.15) is 10.4 Å². The van der Waals surface area contributed by atoms with Crippen LogP contribution in [0.5, 0.6) is 5.75 Å². The van der Waals surface area contributed by atoms with E-state index in [-0.39, 0.29) is 12.4 Å². The average molecular weight is 249 g/mol. The maximum atomic E-state index is 11.7. The summed E-state index contributed by atoms with van der Waals surface area (Å²) < 4.78 is 5.31. The molecule has 1 aromatic heterocycles. The van der Waals surface area contributed by atoms with Crippen molar-refractivity contribution in [1.29, 1.82) is 0 Å². The third-order valence-corrected chi connectivity index (χ3v) is 2.28. The van der Waals surface area contributed by atoms with Gasteiger partial charge in [-0.25, -0.2) is 9.97 Å². The lowest BCUT2D eigenvalue weighted by molar-refractivity contribution is 0.0920. The van der Waals surface area contributed by atoms with Crippen LogP contribution in [0.25, 0.3) is 0 Å². The van der Waals surface area contributed by atoms with E-state index in [1.165, 1.54) is 18.7 Å². The van der Waals surface area contributed by atoms with Crippen LogP contribution in [0.2, 0.25) is 5.02 Å². The molecule has 0 atom stereocenters. The summed E-state index contributed by atoms with van der Waals surface area (Å²) in [6, 6.07) is 6.88. The number of ketones is 1. The minimum absolute atomic E-state index is 0.0618. The maximum Gasteiger partial charge on any atom is 0.203 e. The number of Topliss-reactive ketones (excluding diaryl/α,β-unsaturated/α-hetero) is 1. The van der Waals surface area contributed by atoms with Gasteiger partial charge in [0.2, 0.25) is 5.78 Å². The Kier molecular flexibility index (Phi) is 3.67. The zero-order chi connectivity index (χ0) is 12.1. The monoisotopic (exact) mass is 248 g/mol. The van der Waals surface area contributed by atoms with Crippen molar-refractivity contribution in [3.8, 4) is 5.75 Å². The molecule has 0 amide bonds. The van der Waals surface area contributed by atoms with Gasteiger partial charge in [0.15, 0.2) is 6.61 Å². The van der Waals surface area contributed by atoms with Gasteiger partial charge in [0.25, 0.3) is 0 Å². The molecule has 0 aliphatic heterocycles. The molecule has 17 heavy (non-hydrogen) atoms. The van der Waals surface area contributed by atoms with Crippen LogP contribution in [-0.4, -0.2) is 22.4 Å². The molecule has 0 saturated heterocycles. The van der Waals surface area contributed by atoms with Crippen LogP contribution in [0.3, 0.4) is 0 Å². The fraction of sp³-hybridized carbons (Fsp3) is 0.0833. The predicted molar refractivity (Wildman–Crippen MR) is 63.3 cm³/mol. The third-order valence-electron chi connectivity index (χ3n) is 2.05. The number of carbonyl (C=O) groups is 1. The average Bonchev–Trinajstić information content (AvgIpc) is 2.37. The van der Waals surface area contributed by atoms with E-state index >= 15 is 0 Å². The zero-order valence-corrected chi connectivity index (χ0v) is 9.59. The molecule has 0 saturated carbocycles. The molecule has 1 heterocycles. The molecule has 0 unspecified atom stereocenters. The number of nitrogens with zero attached hydrogens (tertiary/aromatic N) is 2. The molecule has 2 aromatic rings. The van der Waals surface area contributed by atoms with Crippen molar-refractivity contribution in [3.05, 3.63) is 53.6 Å². The van der Waals surface area contributed by atoms with Crippen molar-refractivity contribution in [3.63, 3.8) is 0 Å².